The summed E-state index contributed by atoms with van der Waals surface area (Å²) in [4.78, 5) is 21.5. The maximum Gasteiger partial charge on any atom is 0.416 e. The molecule has 4 rings (SSSR count). The van der Waals surface area contributed by atoms with Crippen molar-refractivity contribution in [3.05, 3.63) is 77.5 Å². The predicted molar refractivity (Wildman–Crippen MR) is 98.8 cm³/mol. The zero-order chi connectivity index (χ0) is 20.6. The van der Waals surface area contributed by atoms with Crippen LogP contribution < -0.4 is 10.6 Å². The Balaban J connectivity index is 1.71. The van der Waals surface area contributed by atoms with Gasteiger partial charge in [-0.05, 0) is 37.3 Å². The van der Waals surface area contributed by atoms with Gasteiger partial charge in [0, 0.05) is 17.6 Å². The monoisotopic (exact) mass is 400 g/mol. The Morgan fingerprint density at radius 1 is 1.17 bits per heavy atom. The van der Waals surface area contributed by atoms with Gasteiger partial charge in [0.25, 0.3) is 5.91 Å². The maximum atomic E-state index is 13.1. The van der Waals surface area contributed by atoms with E-state index in [0.29, 0.717) is 17.3 Å². The van der Waals surface area contributed by atoms with Crippen LogP contribution in [0.15, 0.2) is 66.3 Å². The summed E-state index contributed by atoms with van der Waals surface area (Å²) >= 11 is 0. The largest absolute Gasteiger partial charge is 0.416 e. The molecule has 3 heterocycles. The number of rotatable bonds is 3. The first-order valence-corrected chi connectivity index (χ1v) is 8.61. The highest BCUT2D eigenvalue weighted by Crippen LogP contribution is 2.35. The fourth-order valence-corrected chi connectivity index (χ4v) is 3.17. The zero-order valence-corrected chi connectivity index (χ0v) is 15.1. The number of pyridine rings is 1. The van der Waals surface area contributed by atoms with Crippen LogP contribution in [-0.2, 0) is 11.0 Å². The second kappa shape index (κ2) is 7.04. The van der Waals surface area contributed by atoms with Crippen molar-refractivity contribution in [1.82, 2.24) is 19.7 Å². The van der Waals surface area contributed by atoms with Crippen molar-refractivity contribution in [2.75, 3.05) is 10.6 Å². The van der Waals surface area contributed by atoms with E-state index < -0.39 is 23.7 Å². The van der Waals surface area contributed by atoms with Crippen LogP contribution in [0.25, 0.3) is 0 Å². The third-order valence-electron chi connectivity index (χ3n) is 4.45. The number of hydrogen-bond donors (Lipinski definition) is 2. The van der Waals surface area contributed by atoms with E-state index in [-0.39, 0.29) is 11.3 Å². The molecule has 2 aromatic heterocycles. The van der Waals surface area contributed by atoms with Crippen LogP contribution in [0, 0.1) is 0 Å². The Morgan fingerprint density at radius 2 is 2.00 bits per heavy atom. The van der Waals surface area contributed by atoms with Crippen molar-refractivity contribution in [1.29, 1.82) is 0 Å². The summed E-state index contributed by atoms with van der Waals surface area (Å²) in [5.74, 6) is -0.125. The van der Waals surface area contributed by atoms with Crippen LogP contribution in [-0.4, -0.2) is 25.7 Å². The summed E-state index contributed by atoms with van der Waals surface area (Å²) in [5.41, 5.74) is 0.524. The van der Waals surface area contributed by atoms with Crippen LogP contribution in [0.3, 0.4) is 0 Å². The summed E-state index contributed by atoms with van der Waals surface area (Å²) in [7, 11) is 0. The standard InChI is InChI=1S/C19H15F3N6O/c1-11-15(17(29)27-13-6-4-5-12(9-13)19(20,21)22)16(14-7-2-3-8-23-14)28-18(26-11)24-10-25-28/h2-10,16H,1H3,(H,27,29)(H,24,25,26)/t16-/m1/s1. The average molecular weight is 400 g/mol. The van der Waals surface area contributed by atoms with Crippen LogP contribution in [0.2, 0.25) is 0 Å². The van der Waals surface area contributed by atoms with Gasteiger partial charge in [0.15, 0.2) is 0 Å². The molecule has 1 atom stereocenters. The lowest BCUT2D eigenvalue weighted by Gasteiger charge is -2.28. The minimum atomic E-state index is -4.51. The van der Waals surface area contributed by atoms with Gasteiger partial charge in [-0.1, -0.05) is 12.1 Å². The molecule has 0 saturated carbocycles. The molecule has 3 aromatic rings. The number of carbonyl (C=O) groups excluding carboxylic acids is 1. The fraction of sp³-hybridized carbons (Fsp3) is 0.158. The third-order valence-corrected chi connectivity index (χ3v) is 4.45. The lowest BCUT2D eigenvalue weighted by atomic mass is 9.98. The molecule has 2 N–H and O–H groups in total. The predicted octanol–water partition coefficient (Wildman–Crippen LogP) is 3.62. The molecular formula is C19H15F3N6O. The van der Waals surface area contributed by atoms with Gasteiger partial charge in [0.05, 0.1) is 16.8 Å². The first-order valence-electron chi connectivity index (χ1n) is 8.61. The summed E-state index contributed by atoms with van der Waals surface area (Å²) in [5, 5.41) is 9.72. The number of aromatic nitrogens is 4. The molecule has 0 spiro atoms. The smallest absolute Gasteiger partial charge is 0.328 e. The molecule has 0 aliphatic carbocycles. The zero-order valence-electron chi connectivity index (χ0n) is 15.1. The highest BCUT2D eigenvalue weighted by molar-refractivity contribution is 6.06. The molecule has 1 aliphatic heterocycles. The fourth-order valence-electron chi connectivity index (χ4n) is 3.17. The highest BCUT2D eigenvalue weighted by atomic mass is 19.4. The van der Waals surface area contributed by atoms with E-state index in [4.69, 9.17) is 0 Å². The van der Waals surface area contributed by atoms with E-state index in [1.165, 1.54) is 23.1 Å². The maximum absolute atomic E-state index is 13.1. The van der Waals surface area contributed by atoms with Gasteiger partial charge in [0.1, 0.15) is 12.4 Å². The summed E-state index contributed by atoms with van der Waals surface area (Å²) in [6, 6.07) is 9.05. The van der Waals surface area contributed by atoms with Crippen molar-refractivity contribution in [2.45, 2.75) is 19.1 Å². The van der Waals surface area contributed by atoms with E-state index >= 15 is 0 Å². The van der Waals surface area contributed by atoms with Crippen molar-refractivity contribution in [3.63, 3.8) is 0 Å². The quantitative estimate of drug-likeness (QED) is 0.702. The van der Waals surface area contributed by atoms with Crippen molar-refractivity contribution in [2.24, 2.45) is 0 Å². The Morgan fingerprint density at radius 3 is 2.72 bits per heavy atom. The molecule has 0 radical (unpaired) electrons. The number of nitrogens with zero attached hydrogens (tertiary/aromatic N) is 4. The SMILES string of the molecule is CC1=C(C(=O)Nc2cccc(C(F)(F)F)c2)[C@@H](c2ccccn2)n2ncnc2N1. The Kier molecular flexibility index (Phi) is 4.53. The van der Waals surface area contributed by atoms with Gasteiger partial charge in [-0.3, -0.25) is 9.78 Å². The van der Waals surface area contributed by atoms with Gasteiger partial charge in [-0.25, -0.2) is 4.68 Å². The van der Waals surface area contributed by atoms with E-state index in [1.54, 1.807) is 31.3 Å². The van der Waals surface area contributed by atoms with Crippen LogP contribution >= 0.6 is 0 Å². The van der Waals surface area contributed by atoms with Gasteiger partial charge in [-0.15, -0.1) is 0 Å². The molecule has 7 nitrogen and oxygen atoms in total. The Bertz CT molecular complexity index is 1090. The molecule has 1 aliphatic rings. The van der Waals surface area contributed by atoms with Gasteiger partial charge in [0.2, 0.25) is 5.95 Å². The molecule has 1 aromatic carbocycles. The number of benzene rings is 1. The van der Waals surface area contributed by atoms with Crippen LogP contribution in [0.4, 0.5) is 24.8 Å². The summed E-state index contributed by atoms with van der Waals surface area (Å²) in [6.45, 7) is 1.69. The summed E-state index contributed by atoms with van der Waals surface area (Å²) < 4.78 is 40.4. The van der Waals surface area contributed by atoms with E-state index in [1.807, 2.05) is 0 Å². The number of anilines is 2. The number of halogens is 3. The minimum Gasteiger partial charge on any atom is -0.328 e. The van der Waals surface area contributed by atoms with E-state index in [9.17, 15) is 18.0 Å². The molecule has 0 saturated heterocycles. The molecule has 1 amide bonds. The number of nitrogens with one attached hydrogen (secondary N) is 2. The number of allylic oxidation sites excluding steroid dienone is 1. The van der Waals surface area contributed by atoms with Crippen molar-refractivity contribution >= 4 is 17.5 Å². The third kappa shape index (κ3) is 3.56. The number of hydrogen-bond acceptors (Lipinski definition) is 5. The number of fused-ring (bicyclic) bond motifs is 1. The van der Waals surface area contributed by atoms with Gasteiger partial charge >= 0.3 is 6.18 Å². The molecule has 0 unspecified atom stereocenters. The highest BCUT2D eigenvalue weighted by Gasteiger charge is 2.35. The average Bonchev–Trinajstić information content (AvgIpc) is 3.15. The first-order chi connectivity index (χ1) is 13.8. The molecular weight excluding hydrogens is 385 g/mol. The molecule has 148 valence electrons. The number of alkyl halides is 3. The van der Waals surface area contributed by atoms with E-state index in [2.05, 4.69) is 25.7 Å². The second-order valence-electron chi connectivity index (χ2n) is 6.38. The molecule has 29 heavy (non-hydrogen) atoms. The Labute approximate surface area is 163 Å². The molecule has 0 bridgehead atoms. The van der Waals surface area contributed by atoms with Crippen molar-refractivity contribution < 1.29 is 18.0 Å². The minimum absolute atomic E-state index is 0.0364. The molecule has 10 heteroatoms. The summed E-state index contributed by atoms with van der Waals surface area (Å²) in [6.07, 6.45) is -1.57. The van der Waals surface area contributed by atoms with Crippen molar-refractivity contribution in [3.8, 4) is 0 Å². The molecule has 0 fully saturated rings. The lowest BCUT2D eigenvalue weighted by Crippen LogP contribution is -2.32. The lowest BCUT2D eigenvalue weighted by molar-refractivity contribution is -0.137. The second-order valence-corrected chi connectivity index (χ2v) is 6.38. The van der Waals surface area contributed by atoms with Gasteiger partial charge < -0.3 is 10.6 Å². The Hall–Kier alpha value is -3.69. The topological polar surface area (TPSA) is 84.7 Å². The van der Waals surface area contributed by atoms with Crippen LogP contribution in [0.5, 0.6) is 0 Å². The number of carbonyl (C=O) groups is 1. The normalized spacial score (nSPS) is 16.2. The first kappa shape index (κ1) is 18.7. The van der Waals surface area contributed by atoms with E-state index in [0.717, 1.165) is 12.1 Å². The van der Waals surface area contributed by atoms with Crippen LogP contribution in [0.1, 0.15) is 24.2 Å². The number of amides is 1. The van der Waals surface area contributed by atoms with Gasteiger partial charge in [-0.2, -0.15) is 23.3 Å².